The van der Waals surface area contributed by atoms with Crippen LogP contribution in [0.4, 0.5) is 5.69 Å². The van der Waals surface area contributed by atoms with Crippen LogP contribution in [0.25, 0.3) is 0 Å². The Morgan fingerprint density at radius 2 is 2.07 bits per heavy atom. The zero-order valence-corrected chi connectivity index (χ0v) is 18.5. The smallest absolute Gasteiger partial charge is 0.339 e. The van der Waals surface area contributed by atoms with E-state index >= 15 is 0 Å². The standard InChI is InChI=1S/C24H31N3O2S/c1-29-23(28)19-8-2-3-9-20(19)25-24(30)27-12-6-7-16-13-17-14-18(22(16)27)15-26-11-5-4-10-21(17)26/h2-3,8-9,13,17-18,21-22H,4-7,10-12,14-15H2,1H3,(H,25,30)/t17-,18+,21-,22-/m1/s1. The van der Waals surface area contributed by atoms with Crippen molar-refractivity contribution < 1.29 is 9.53 Å². The Morgan fingerprint density at radius 3 is 2.93 bits per heavy atom. The topological polar surface area (TPSA) is 44.8 Å². The van der Waals surface area contributed by atoms with Crippen LogP contribution >= 0.6 is 12.2 Å². The van der Waals surface area contributed by atoms with Gasteiger partial charge in [0.15, 0.2) is 5.11 Å². The molecule has 0 spiro atoms. The molecule has 30 heavy (non-hydrogen) atoms. The Kier molecular flexibility index (Phi) is 5.54. The van der Waals surface area contributed by atoms with Crippen LogP contribution < -0.4 is 5.32 Å². The van der Waals surface area contributed by atoms with Crippen LogP contribution in [0.1, 0.15) is 48.9 Å². The third kappa shape index (κ3) is 3.54. The highest BCUT2D eigenvalue weighted by atomic mass is 32.1. The molecule has 1 aromatic carbocycles. The second-order valence-corrected chi connectivity index (χ2v) is 9.56. The third-order valence-corrected chi connectivity index (χ3v) is 7.83. The summed E-state index contributed by atoms with van der Waals surface area (Å²) in [4.78, 5) is 17.3. The van der Waals surface area contributed by atoms with E-state index < -0.39 is 0 Å². The molecule has 5 rings (SSSR count). The van der Waals surface area contributed by atoms with E-state index in [1.807, 2.05) is 18.2 Å². The first-order chi connectivity index (χ1) is 14.7. The van der Waals surface area contributed by atoms with E-state index in [1.165, 1.54) is 52.3 Å². The number of nitrogens with zero attached hydrogens (tertiary/aromatic N) is 2. The second-order valence-electron chi connectivity index (χ2n) is 9.17. The van der Waals surface area contributed by atoms with Crippen LogP contribution in [0.3, 0.4) is 0 Å². The van der Waals surface area contributed by atoms with Crippen LogP contribution in [0, 0.1) is 11.8 Å². The molecule has 1 aliphatic carbocycles. The van der Waals surface area contributed by atoms with Crippen molar-refractivity contribution in [1.29, 1.82) is 0 Å². The normalized spacial score (nSPS) is 30.6. The number of methoxy groups -OCH3 is 1. The molecule has 0 radical (unpaired) electrons. The molecule has 6 heteroatoms. The fourth-order valence-electron chi connectivity index (χ4n) is 6.27. The van der Waals surface area contributed by atoms with E-state index in [0.717, 1.165) is 35.7 Å². The Morgan fingerprint density at radius 1 is 1.20 bits per heavy atom. The van der Waals surface area contributed by atoms with Gasteiger partial charge in [-0.2, -0.15) is 0 Å². The number of esters is 1. The molecular formula is C24H31N3O2S. The molecule has 0 saturated carbocycles. The molecule has 0 unspecified atom stereocenters. The Balaban J connectivity index is 1.39. The lowest BCUT2D eigenvalue weighted by Gasteiger charge is -2.55. The molecule has 160 valence electrons. The summed E-state index contributed by atoms with van der Waals surface area (Å²) < 4.78 is 4.94. The lowest BCUT2D eigenvalue weighted by molar-refractivity contribution is 0.0132. The number of hydrogen-bond acceptors (Lipinski definition) is 4. The van der Waals surface area contributed by atoms with Gasteiger partial charge in [0, 0.05) is 19.1 Å². The number of fused-ring (bicyclic) bond motifs is 6. The maximum atomic E-state index is 12.2. The lowest BCUT2D eigenvalue weighted by atomic mass is 9.68. The fraction of sp³-hybridized carbons (Fsp3) is 0.583. The van der Waals surface area contributed by atoms with Gasteiger partial charge in [-0.1, -0.05) is 30.2 Å². The monoisotopic (exact) mass is 425 g/mol. The summed E-state index contributed by atoms with van der Waals surface area (Å²) in [5.41, 5.74) is 2.84. The van der Waals surface area contributed by atoms with Gasteiger partial charge in [-0.05, 0) is 74.8 Å². The zero-order valence-electron chi connectivity index (χ0n) is 17.7. The maximum Gasteiger partial charge on any atom is 0.339 e. The second kappa shape index (κ2) is 8.31. The molecule has 1 N–H and O–H groups in total. The molecule has 0 amide bonds. The van der Waals surface area contributed by atoms with E-state index in [4.69, 9.17) is 17.0 Å². The van der Waals surface area contributed by atoms with Crippen LogP contribution in [0.5, 0.6) is 0 Å². The number of ether oxygens (including phenoxy) is 1. The Bertz CT molecular complexity index is 870. The minimum absolute atomic E-state index is 0.343. The van der Waals surface area contributed by atoms with E-state index in [9.17, 15) is 4.79 Å². The van der Waals surface area contributed by atoms with E-state index in [1.54, 1.807) is 11.6 Å². The number of likely N-dealkylation sites (tertiary alicyclic amines) is 1. The van der Waals surface area contributed by atoms with Gasteiger partial charge < -0.3 is 15.0 Å². The molecule has 5 nitrogen and oxygen atoms in total. The van der Waals surface area contributed by atoms with Crippen molar-refractivity contribution in [3.63, 3.8) is 0 Å². The van der Waals surface area contributed by atoms with Gasteiger partial charge in [-0.3, -0.25) is 4.90 Å². The minimum atomic E-state index is -0.343. The Hall–Kier alpha value is -1.92. The number of nitrogens with one attached hydrogen (secondary N) is 1. The van der Waals surface area contributed by atoms with E-state index in [-0.39, 0.29) is 5.97 Å². The largest absolute Gasteiger partial charge is 0.465 e. The summed E-state index contributed by atoms with van der Waals surface area (Å²) >= 11 is 5.89. The highest BCUT2D eigenvalue weighted by Gasteiger charge is 2.46. The van der Waals surface area contributed by atoms with Gasteiger partial charge in [0.2, 0.25) is 0 Å². The van der Waals surface area contributed by atoms with E-state index in [2.05, 4.69) is 21.2 Å². The number of piperidine rings is 3. The van der Waals surface area contributed by atoms with Gasteiger partial charge in [-0.25, -0.2) is 4.79 Å². The summed E-state index contributed by atoms with van der Waals surface area (Å²) in [6.07, 6.45) is 10.3. The maximum absolute atomic E-state index is 12.2. The van der Waals surface area contributed by atoms with Crippen LogP contribution in [-0.2, 0) is 4.74 Å². The molecule has 2 bridgehead atoms. The zero-order chi connectivity index (χ0) is 20.7. The molecule has 3 fully saturated rings. The Labute approximate surface area is 184 Å². The number of para-hydroxylation sites is 1. The molecular weight excluding hydrogens is 394 g/mol. The van der Waals surface area contributed by atoms with Crippen molar-refractivity contribution in [2.24, 2.45) is 11.8 Å². The SMILES string of the molecule is COC(=O)c1ccccc1NC(=S)N1CCCC2=C[C@@H]3C[C@@H](CN4CCCC[C@H]34)[C@@H]21. The first-order valence-electron chi connectivity index (χ1n) is 11.4. The number of benzene rings is 1. The lowest BCUT2D eigenvalue weighted by Crippen LogP contribution is -2.60. The highest BCUT2D eigenvalue weighted by Crippen LogP contribution is 2.45. The third-order valence-electron chi connectivity index (χ3n) is 7.49. The number of hydrogen-bond donors (Lipinski definition) is 1. The average Bonchev–Trinajstić information content (AvgIpc) is 2.78. The molecule has 4 aliphatic rings. The predicted molar refractivity (Wildman–Crippen MR) is 123 cm³/mol. The molecule has 1 aromatic rings. The summed E-state index contributed by atoms with van der Waals surface area (Å²) in [5, 5.41) is 4.10. The van der Waals surface area contributed by atoms with Crippen LogP contribution in [0.2, 0.25) is 0 Å². The number of carbonyl (C=O) groups is 1. The molecule has 0 aromatic heterocycles. The van der Waals surface area contributed by atoms with Gasteiger partial charge >= 0.3 is 5.97 Å². The quantitative estimate of drug-likeness (QED) is 0.438. The fourth-order valence-corrected chi connectivity index (χ4v) is 6.58. The van der Waals surface area contributed by atoms with Crippen molar-refractivity contribution in [3.05, 3.63) is 41.5 Å². The summed E-state index contributed by atoms with van der Waals surface area (Å²) in [5.74, 6) is 1.01. The number of thiocarbonyl (C=S) groups is 1. The number of anilines is 1. The average molecular weight is 426 g/mol. The van der Waals surface area contributed by atoms with E-state index in [0.29, 0.717) is 17.5 Å². The molecule has 3 aliphatic heterocycles. The van der Waals surface area contributed by atoms with Crippen LogP contribution in [0.15, 0.2) is 35.9 Å². The van der Waals surface area contributed by atoms with Gasteiger partial charge in [0.1, 0.15) is 0 Å². The van der Waals surface area contributed by atoms with Gasteiger partial charge in [-0.15, -0.1) is 0 Å². The first-order valence-corrected chi connectivity index (χ1v) is 11.8. The van der Waals surface area contributed by atoms with Crippen molar-refractivity contribution in [1.82, 2.24) is 9.80 Å². The number of carbonyl (C=O) groups excluding carboxylic acids is 1. The van der Waals surface area contributed by atoms with Crippen molar-refractivity contribution in [3.8, 4) is 0 Å². The summed E-state index contributed by atoms with van der Waals surface area (Å²) in [6, 6.07) is 8.59. The van der Waals surface area contributed by atoms with Gasteiger partial charge in [0.25, 0.3) is 0 Å². The van der Waals surface area contributed by atoms with Gasteiger partial charge in [0.05, 0.1) is 24.4 Å². The predicted octanol–water partition coefficient (Wildman–Crippen LogP) is 4.07. The summed E-state index contributed by atoms with van der Waals surface area (Å²) in [7, 11) is 1.41. The van der Waals surface area contributed by atoms with Crippen molar-refractivity contribution >= 4 is 29.0 Å². The molecule has 4 atom stereocenters. The first kappa shape index (κ1) is 20.0. The summed E-state index contributed by atoms with van der Waals surface area (Å²) in [6.45, 7) is 3.42. The molecule has 3 heterocycles. The molecule has 3 saturated heterocycles. The highest BCUT2D eigenvalue weighted by molar-refractivity contribution is 7.80. The number of rotatable bonds is 2. The minimum Gasteiger partial charge on any atom is -0.465 e. The van der Waals surface area contributed by atoms with Crippen molar-refractivity contribution in [2.75, 3.05) is 32.1 Å². The van der Waals surface area contributed by atoms with Crippen molar-refractivity contribution in [2.45, 2.75) is 50.6 Å². The van der Waals surface area contributed by atoms with Crippen LogP contribution in [-0.4, -0.2) is 59.7 Å².